The van der Waals surface area contributed by atoms with Gasteiger partial charge in [-0.05, 0) is 62.3 Å². The number of rotatable bonds is 10. The number of piperidine rings is 1. The van der Waals surface area contributed by atoms with Gasteiger partial charge in [0.25, 0.3) is 12.9 Å². The third-order valence-electron chi connectivity index (χ3n) is 7.90. The minimum Gasteiger partial charge on any atom is -0.484 e. The Morgan fingerprint density at radius 3 is 2.16 bits per heavy atom. The molecule has 2 heterocycles. The molecule has 0 amide bonds. The molecule has 38 heavy (non-hydrogen) atoms. The molecule has 10 heteroatoms. The molecule has 4 nitrogen and oxygen atoms in total. The summed E-state index contributed by atoms with van der Waals surface area (Å²) in [5.74, 6) is -1.63. The normalized spacial score (nSPS) is 26.8. The van der Waals surface area contributed by atoms with Crippen molar-refractivity contribution in [2.24, 2.45) is 5.92 Å². The van der Waals surface area contributed by atoms with Gasteiger partial charge in [-0.15, -0.1) is 0 Å². The van der Waals surface area contributed by atoms with Crippen LogP contribution in [0.2, 0.25) is 0 Å². The van der Waals surface area contributed by atoms with Crippen LogP contribution in [0.4, 0.5) is 26.3 Å². The molecule has 5 rings (SSSR count). The Bertz CT molecular complexity index is 1160. The van der Waals surface area contributed by atoms with Gasteiger partial charge in [0.2, 0.25) is 0 Å². The van der Waals surface area contributed by atoms with Gasteiger partial charge in [0, 0.05) is 35.7 Å². The van der Waals surface area contributed by atoms with E-state index in [0.29, 0.717) is 17.7 Å². The number of benzene rings is 2. The molecule has 2 aliphatic heterocycles. The lowest BCUT2D eigenvalue weighted by Crippen LogP contribution is -2.49. The van der Waals surface area contributed by atoms with Crippen molar-refractivity contribution in [1.82, 2.24) is 4.90 Å². The van der Waals surface area contributed by atoms with E-state index in [1.165, 1.54) is 18.2 Å². The Labute approximate surface area is 216 Å². The molecule has 0 radical (unpaired) electrons. The quantitative estimate of drug-likeness (QED) is 0.327. The summed E-state index contributed by atoms with van der Waals surface area (Å²) < 4.78 is 91.4. The van der Waals surface area contributed by atoms with E-state index in [9.17, 15) is 26.7 Å². The van der Waals surface area contributed by atoms with Gasteiger partial charge in [-0.25, -0.2) is 26.3 Å². The summed E-state index contributed by atoms with van der Waals surface area (Å²) in [6.45, 7) is -1.53. The molecule has 0 spiro atoms. The Morgan fingerprint density at radius 2 is 1.55 bits per heavy atom. The molecule has 3 atom stereocenters. The lowest BCUT2D eigenvalue weighted by atomic mass is 9.79. The van der Waals surface area contributed by atoms with Crippen LogP contribution in [-0.2, 0) is 13.0 Å². The number of ether oxygens (including phenoxy) is 2. The SMILES string of the molecule is O=C1c2cc(OCC(F)F)c(OCC(F)F)cc2CC1CC1(F)CC2CCC(C1)N2Cc1ccccc1F. The summed E-state index contributed by atoms with van der Waals surface area (Å²) in [6.07, 6.45) is -3.30. The molecular formula is C28H29F6NO3. The number of carbonyl (C=O) groups is 1. The zero-order valence-corrected chi connectivity index (χ0v) is 20.7. The number of fused-ring (bicyclic) bond motifs is 3. The van der Waals surface area contributed by atoms with E-state index < -0.39 is 37.7 Å². The first-order chi connectivity index (χ1) is 18.1. The van der Waals surface area contributed by atoms with Gasteiger partial charge in [0.15, 0.2) is 17.3 Å². The molecule has 1 aliphatic carbocycles. The second-order valence-corrected chi connectivity index (χ2v) is 10.5. The van der Waals surface area contributed by atoms with Gasteiger partial charge in [0.1, 0.15) is 24.7 Å². The summed E-state index contributed by atoms with van der Waals surface area (Å²) >= 11 is 0. The van der Waals surface area contributed by atoms with Gasteiger partial charge in [-0.2, -0.15) is 0 Å². The topological polar surface area (TPSA) is 38.8 Å². The highest BCUT2D eigenvalue weighted by Crippen LogP contribution is 2.48. The van der Waals surface area contributed by atoms with Crippen molar-refractivity contribution in [2.75, 3.05) is 13.2 Å². The summed E-state index contributed by atoms with van der Waals surface area (Å²) in [7, 11) is 0. The molecule has 0 saturated carbocycles. The van der Waals surface area contributed by atoms with E-state index in [4.69, 9.17) is 9.47 Å². The van der Waals surface area contributed by atoms with Gasteiger partial charge in [-0.3, -0.25) is 9.69 Å². The Balaban J connectivity index is 1.29. The fourth-order valence-corrected chi connectivity index (χ4v) is 6.35. The number of hydrogen-bond acceptors (Lipinski definition) is 4. The van der Waals surface area contributed by atoms with Crippen LogP contribution >= 0.6 is 0 Å². The van der Waals surface area contributed by atoms with E-state index in [2.05, 4.69) is 4.90 Å². The van der Waals surface area contributed by atoms with E-state index >= 15 is 4.39 Å². The number of carbonyl (C=O) groups excluding carboxylic acids is 1. The zero-order chi connectivity index (χ0) is 27.0. The van der Waals surface area contributed by atoms with Crippen molar-refractivity contribution in [1.29, 1.82) is 0 Å². The zero-order valence-electron chi connectivity index (χ0n) is 20.7. The number of halogens is 6. The number of nitrogens with zero attached hydrogens (tertiary/aromatic N) is 1. The minimum atomic E-state index is -2.80. The van der Waals surface area contributed by atoms with Crippen LogP contribution in [0, 0.1) is 11.7 Å². The highest BCUT2D eigenvalue weighted by molar-refractivity contribution is 6.03. The lowest BCUT2D eigenvalue weighted by Gasteiger charge is -2.43. The molecule has 2 bridgehead atoms. The van der Waals surface area contributed by atoms with Crippen LogP contribution in [0.15, 0.2) is 36.4 Å². The molecule has 2 aromatic carbocycles. The third kappa shape index (κ3) is 5.65. The van der Waals surface area contributed by atoms with Gasteiger partial charge < -0.3 is 9.47 Å². The van der Waals surface area contributed by atoms with Crippen molar-refractivity contribution in [3.8, 4) is 11.5 Å². The second-order valence-electron chi connectivity index (χ2n) is 10.5. The summed E-state index contributed by atoms with van der Waals surface area (Å²) in [6, 6.07) is 9.06. The second kappa shape index (κ2) is 10.8. The molecule has 206 valence electrons. The Morgan fingerprint density at radius 1 is 0.947 bits per heavy atom. The van der Waals surface area contributed by atoms with E-state index in [1.807, 2.05) is 0 Å². The third-order valence-corrected chi connectivity index (χ3v) is 7.90. The minimum absolute atomic E-state index is 0.00149. The van der Waals surface area contributed by atoms with Crippen LogP contribution in [0.5, 0.6) is 11.5 Å². The largest absolute Gasteiger partial charge is 0.484 e. The lowest BCUT2D eigenvalue weighted by molar-refractivity contribution is -0.00689. The predicted octanol–water partition coefficient (Wildman–Crippen LogP) is 6.39. The first kappa shape index (κ1) is 26.8. The van der Waals surface area contributed by atoms with Crippen LogP contribution in [0.1, 0.15) is 53.6 Å². The van der Waals surface area contributed by atoms with Crippen molar-refractivity contribution in [3.05, 3.63) is 58.9 Å². The molecule has 3 aliphatic rings. The number of Topliss-reactive ketones (excluding diaryl/α,β-unsaturated/α-hetero) is 1. The van der Waals surface area contributed by atoms with E-state index in [-0.39, 0.29) is 66.4 Å². The molecule has 0 N–H and O–H groups in total. The highest BCUT2D eigenvalue weighted by Gasteiger charge is 2.51. The van der Waals surface area contributed by atoms with Crippen LogP contribution in [-0.4, -0.2) is 54.5 Å². The first-order valence-electron chi connectivity index (χ1n) is 12.8. The molecule has 2 saturated heterocycles. The molecule has 0 aromatic heterocycles. The first-order valence-corrected chi connectivity index (χ1v) is 12.8. The maximum atomic E-state index is 16.3. The average Bonchev–Trinajstić information content (AvgIpc) is 3.28. The number of alkyl halides is 5. The molecule has 2 aromatic rings. The predicted molar refractivity (Wildman–Crippen MR) is 127 cm³/mol. The summed E-state index contributed by atoms with van der Waals surface area (Å²) in [5, 5.41) is 0. The molecular weight excluding hydrogens is 512 g/mol. The van der Waals surface area contributed by atoms with Crippen molar-refractivity contribution in [2.45, 2.75) is 75.7 Å². The number of hydrogen-bond donors (Lipinski definition) is 0. The van der Waals surface area contributed by atoms with Crippen LogP contribution in [0.3, 0.4) is 0 Å². The van der Waals surface area contributed by atoms with Crippen molar-refractivity contribution in [3.63, 3.8) is 0 Å². The molecule has 3 unspecified atom stereocenters. The van der Waals surface area contributed by atoms with Gasteiger partial charge in [-0.1, -0.05) is 18.2 Å². The fraction of sp³-hybridized carbons (Fsp3) is 0.536. The van der Waals surface area contributed by atoms with Crippen molar-refractivity contribution >= 4 is 5.78 Å². The average molecular weight is 542 g/mol. The molecule has 2 fully saturated rings. The maximum Gasteiger partial charge on any atom is 0.272 e. The standard InChI is InChI=1S/C28H29F6NO3/c29-22-4-2-1-3-16(22)13-35-19-5-6-20(35)12-28(34,11-19)10-18-7-17-8-23(37-14-25(30)31)24(38-15-26(32)33)9-21(17)27(18)36/h1-4,8-9,18-20,25-26H,5-7,10-15H2. The Hall–Kier alpha value is -2.75. The van der Waals surface area contributed by atoms with Gasteiger partial charge >= 0.3 is 0 Å². The monoisotopic (exact) mass is 541 g/mol. The smallest absolute Gasteiger partial charge is 0.272 e. The fourth-order valence-electron chi connectivity index (χ4n) is 6.35. The van der Waals surface area contributed by atoms with E-state index in [0.717, 1.165) is 12.8 Å². The highest BCUT2D eigenvalue weighted by atomic mass is 19.3. The van der Waals surface area contributed by atoms with Gasteiger partial charge in [0.05, 0.1) is 0 Å². The van der Waals surface area contributed by atoms with Crippen LogP contribution in [0.25, 0.3) is 0 Å². The van der Waals surface area contributed by atoms with E-state index in [1.54, 1.807) is 18.2 Å². The van der Waals surface area contributed by atoms with Crippen LogP contribution < -0.4 is 9.47 Å². The maximum absolute atomic E-state index is 16.3. The summed E-state index contributed by atoms with van der Waals surface area (Å²) in [4.78, 5) is 15.4. The Kier molecular flexibility index (Phi) is 7.62. The number of ketones is 1. The van der Waals surface area contributed by atoms with Crippen molar-refractivity contribution < 1.29 is 40.6 Å². The summed E-state index contributed by atoms with van der Waals surface area (Å²) in [5.41, 5.74) is -0.291.